The molecule has 0 radical (unpaired) electrons. The molecule has 30 heavy (non-hydrogen) atoms. The molecule has 0 bridgehead atoms. The first kappa shape index (κ1) is 23.5. The van der Waals surface area contributed by atoms with Gasteiger partial charge in [-0.25, -0.2) is 4.68 Å². The Bertz CT molecular complexity index is 1090. The minimum atomic E-state index is -4.14. The molecule has 0 saturated heterocycles. The Morgan fingerprint density at radius 3 is 1.97 bits per heavy atom. The summed E-state index contributed by atoms with van der Waals surface area (Å²) >= 11 is 0. The van der Waals surface area contributed by atoms with E-state index in [1.54, 1.807) is 25.1 Å². The van der Waals surface area contributed by atoms with Gasteiger partial charge in [-0.2, -0.15) is 27.1 Å². The molecule has 2 rings (SSSR count). The first-order valence-corrected chi connectivity index (χ1v) is 11.8. The number of nitrogens with one attached hydrogen (secondary N) is 2. The minimum absolute atomic E-state index is 0.0672. The zero-order valence-electron chi connectivity index (χ0n) is 16.3. The molecule has 0 amide bonds. The lowest BCUT2D eigenvalue weighted by Gasteiger charge is -2.14. The standard InChI is InChI=1S/C15H23N7O6S2/c1-10-14(20-17-2)15(16)21-22(10)13-8-11(18-3-5-29(23,24)25)7-12(9-13)19-4-6-30(26,27)28/h7-9,18-19H,3-6H2,1-2H3,(H2,16,21)(H,23,24,25)(H,26,27,28). The van der Waals surface area contributed by atoms with Crippen LogP contribution in [0.5, 0.6) is 0 Å². The summed E-state index contributed by atoms with van der Waals surface area (Å²) < 4.78 is 63.0. The predicted octanol–water partition coefficient (Wildman–Crippen LogP) is 1.08. The smallest absolute Gasteiger partial charge is 0.266 e. The van der Waals surface area contributed by atoms with Crippen LogP contribution in [0.2, 0.25) is 0 Å². The average Bonchev–Trinajstić information content (AvgIpc) is 2.88. The Morgan fingerprint density at radius 1 is 1.03 bits per heavy atom. The number of nitrogens with zero attached hydrogens (tertiary/aromatic N) is 4. The largest absolute Gasteiger partial charge is 0.384 e. The highest BCUT2D eigenvalue weighted by Crippen LogP contribution is 2.30. The molecule has 0 unspecified atom stereocenters. The number of nitrogen functional groups attached to an aromatic ring is 1. The number of rotatable bonds is 10. The molecule has 6 N–H and O–H groups in total. The Balaban J connectivity index is 2.39. The Morgan fingerprint density at radius 2 is 1.53 bits per heavy atom. The Hall–Kier alpha value is -2.75. The minimum Gasteiger partial charge on any atom is -0.384 e. The van der Waals surface area contributed by atoms with Crippen LogP contribution in [0.1, 0.15) is 5.69 Å². The molecule has 0 fully saturated rings. The second-order valence-corrected chi connectivity index (χ2v) is 9.37. The lowest BCUT2D eigenvalue weighted by atomic mass is 10.2. The lowest BCUT2D eigenvalue weighted by molar-refractivity contribution is 0.481. The number of hydrogen-bond donors (Lipinski definition) is 5. The molecular formula is C15H23N7O6S2. The van der Waals surface area contributed by atoms with Crippen LogP contribution in [0.15, 0.2) is 28.4 Å². The molecule has 2 aromatic rings. The number of benzene rings is 1. The molecule has 1 aromatic carbocycles. The number of azo groups is 1. The zero-order valence-corrected chi connectivity index (χ0v) is 17.9. The van der Waals surface area contributed by atoms with E-state index < -0.39 is 31.7 Å². The van der Waals surface area contributed by atoms with Crippen molar-refractivity contribution in [3.8, 4) is 5.69 Å². The molecule has 15 heteroatoms. The summed E-state index contributed by atoms with van der Waals surface area (Å²) in [5.41, 5.74) is 8.33. The van der Waals surface area contributed by atoms with E-state index >= 15 is 0 Å². The fourth-order valence-corrected chi connectivity index (χ4v) is 3.30. The predicted molar refractivity (Wildman–Crippen MR) is 113 cm³/mol. The van der Waals surface area contributed by atoms with Crippen LogP contribution in [0.25, 0.3) is 5.69 Å². The van der Waals surface area contributed by atoms with E-state index in [-0.39, 0.29) is 18.9 Å². The number of aromatic nitrogens is 2. The van der Waals surface area contributed by atoms with Gasteiger partial charge in [0.05, 0.1) is 22.9 Å². The maximum atomic E-state index is 10.9. The van der Waals surface area contributed by atoms with Crippen LogP contribution in [-0.2, 0) is 20.2 Å². The molecule has 0 aliphatic heterocycles. The SMILES string of the molecule is CN=Nc1c(N)nn(-c2cc(NCCS(=O)(=O)O)cc(NCCS(=O)(=O)O)c2)c1C. The van der Waals surface area contributed by atoms with Crippen molar-refractivity contribution in [3.05, 3.63) is 23.9 Å². The summed E-state index contributed by atoms with van der Waals surface area (Å²) in [6.45, 7) is 1.60. The second kappa shape index (κ2) is 9.38. The Kier molecular flexibility index (Phi) is 7.35. The van der Waals surface area contributed by atoms with Crippen molar-refractivity contribution in [2.75, 3.05) is 48.0 Å². The van der Waals surface area contributed by atoms with Crippen LogP contribution < -0.4 is 16.4 Å². The topological polar surface area (TPSA) is 201 Å². The summed E-state index contributed by atoms with van der Waals surface area (Å²) in [5.74, 6) is -0.849. The van der Waals surface area contributed by atoms with Gasteiger partial charge in [-0.3, -0.25) is 9.11 Å². The summed E-state index contributed by atoms with van der Waals surface area (Å²) in [5, 5.41) is 17.6. The third-order valence-corrected chi connectivity index (χ3v) is 5.29. The highest BCUT2D eigenvalue weighted by Gasteiger charge is 2.15. The quantitative estimate of drug-likeness (QED) is 0.251. The first-order chi connectivity index (χ1) is 13.9. The molecule has 1 heterocycles. The van der Waals surface area contributed by atoms with Gasteiger partial charge >= 0.3 is 0 Å². The van der Waals surface area contributed by atoms with Crippen LogP contribution in [0, 0.1) is 6.92 Å². The van der Waals surface area contributed by atoms with Crippen molar-refractivity contribution in [1.82, 2.24) is 9.78 Å². The highest BCUT2D eigenvalue weighted by atomic mass is 32.2. The van der Waals surface area contributed by atoms with Crippen molar-refractivity contribution in [1.29, 1.82) is 0 Å². The maximum absolute atomic E-state index is 10.9. The van der Waals surface area contributed by atoms with E-state index in [0.717, 1.165) is 0 Å². The van der Waals surface area contributed by atoms with E-state index in [4.69, 9.17) is 14.8 Å². The van der Waals surface area contributed by atoms with Crippen molar-refractivity contribution in [3.63, 3.8) is 0 Å². The van der Waals surface area contributed by atoms with Gasteiger partial charge in [-0.1, -0.05) is 0 Å². The molecule has 13 nitrogen and oxygen atoms in total. The van der Waals surface area contributed by atoms with Crippen LogP contribution in [0.4, 0.5) is 22.9 Å². The van der Waals surface area contributed by atoms with Gasteiger partial charge in [0.15, 0.2) is 11.5 Å². The van der Waals surface area contributed by atoms with Gasteiger partial charge in [0.1, 0.15) is 0 Å². The summed E-state index contributed by atoms with van der Waals surface area (Å²) in [6, 6.07) is 4.92. The van der Waals surface area contributed by atoms with E-state index in [1.165, 1.54) is 11.7 Å². The third-order valence-electron chi connectivity index (χ3n) is 3.85. The zero-order chi connectivity index (χ0) is 22.5. The molecule has 0 spiro atoms. The number of hydrogen-bond acceptors (Lipinski definition) is 10. The van der Waals surface area contributed by atoms with Crippen molar-refractivity contribution >= 4 is 43.1 Å². The van der Waals surface area contributed by atoms with Gasteiger partial charge in [0, 0.05) is 31.5 Å². The van der Waals surface area contributed by atoms with Crippen molar-refractivity contribution in [2.45, 2.75) is 6.92 Å². The Labute approximate surface area is 173 Å². The summed E-state index contributed by atoms with van der Waals surface area (Å²) in [6.07, 6.45) is 0. The monoisotopic (exact) mass is 461 g/mol. The second-order valence-electron chi connectivity index (χ2n) is 6.23. The number of nitrogens with two attached hydrogens (primary N) is 1. The molecule has 166 valence electrons. The molecule has 1 aromatic heterocycles. The van der Waals surface area contributed by atoms with Gasteiger partial charge < -0.3 is 16.4 Å². The third kappa shape index (κ3) is 6.94. The molecule has 0 aliphatic rings. The van der Waals surface area contributed by atoms with Gasteiger partial charge in [-0.05, 0) is 25.1 Å². The van der Waals surface area contributed by atoms with E-state index in [2.05, 4.69) is 26.0 Å². The van der Waals surface area contributed by atoms with Crippen LogP contribution >= 0.6 is 0 Å². The molecule has 0 aliphatic carbocycles. The van der Waals surface area contributed by atoms with E-state index in [0.29, 0.717) is 28.4 Å². The van der Waals surface area contributed by atoms with Gasteiger partial charge in [-0.15, -0.1) is 5.10 Å². The molecular weight excluding hydrogens is 438 g/mol. The number of anilines is 3. The van der Waals surface area contributed by atoms with Crippen LogP contribution in [-0.4, -0.2) is 67.4 Å². The van der Waals surface area contributed by atoms with E-state index in [1.807, 2.05) is 0 Å². The maximum Gasteiger partial charge on any atom is 0.266 e. The lowest BCUT2D eigenvalue weighted by Crippen LogP contribution is -2.16. The van der Waals surface area contributed by atoms with E-state index in [9.17, 15) is 16.8 Å². The van der Waals surface area contributed by atoms with Crippen LogP contribution in [0.3, 0.4) is 0 Å². The molecule has 0 atom stereocenters. The highest BCUT2D eigenvalue weighted by molar-refractivity contribution is 7.86. The first-order valence-electron chi connectivity index (χ1n) is 8.58. The summed E-state index contributed by atoms with van der Waals surface area (Å²) in [7, 11) is -6.79. The summed E-state index contributed by atoms with van der Waals surface area (Å²) in [4.78, 5) is 0. The van der Waals surface area contributed by atoms with Crippen molar-refractivity contribution in [2.24, 2.45) is 10.2 Å². The average molecular weight is 462 g/mol. The fraction of sp³-hybridized carbons (Fsp3) is 0.400. The van der Waals surface area contributed by atoms with Crippen molar-refractivity contribution < 1.29 is 25.9 Å². The molecule has 0 saturated carbocycles. The normalized spacial score (nSPS) is 12.4. The fourth-order valence-electron chi connectivity index (χ4n) is 2.58. The van der Waals surface area contributed by atoms with Gasteiger partial charge in [0.2, 0.25) is 0 Å². The van der Waals surface area contributed by atoms with Gasteiger partial charge in [0.25, 0.3) is 20.2 Å².